The number of carbonyl (C=O) groups is 2. The van der Waals surface area contributed by atoms with E-state index in [2.05, 4.69) is 20.9 Å². The molecule has 2 aromatic rings. The predicted molar refractivity (Wildman–Crippen MR) is 80.6 cm³/mol. The van der Waals surface area contributed by atoms with Crippen LogP contribution in [0, 0.1) is 5.92 Å². The van der Waals surface area contributed by atoms with Gasteiger partial charge in [-0.05, 0) is 23.6 Å². The molecule has 0 fully saturated rings. The fourth-order valence-electron chi connectivity index (χ4n) is 1.88. The predicted octanol–water partition coefficient (Wildman–Crippen LogP) is 1.13. The minimum atomic E-state index is -0.343. The molecular weight excluding hydrogens is 282 g/mol. The second kappa shape index (κ2) is 7.35. The first-order valence-electron chi connectivity index (χ1n) is 7.05. The van der Waals surface area contributed by atoms with Crippen molar-refractivity contribution in [3.63, 3.8) is 0 Å². The van der Waals surface area contributed by atoms with Gasteiger partial charge in [-0.3, -0.25) is 20.4 Å². The first-order valence-corrected chi connectivity index (χ1v) is 7.05. The molecule has 0 aliphatic heterocycles. The van der Waals surface area contributed by atoms with E-state index < -0.39 is 0 Å². The van der Waals surface area contributed by atoms with Gasteiger partial charge in [0.05, 0.1) is 6.54 Å². The minimum Gasteiger partial charge on any atom is -0.273 e. The molecule has 0 aliphatic rings. The van der Waals surface area contributed by atoms with Crippen molar-refractivity contribution >= 4 is 11.8 Å². The van der Waals surface area contributed by atoms with Gasteiger partial charge in [0.2, 0.25) is 5.91 Å². The van der Waals surface area contributed by atoms with Crippen molar-refractivity contribution in [2.45, 2.75) is 26.8 Å². The highest BCUT2D eigenvalue weighted by Crippen LogP contribution is 2.06. The van der Waals surface area contributed by atoms with Crippen LogP contribution in [0.1, 0.15) is 36.2 Å². The summed E-state index contributed by atoms with van der Waals surface area (Å²) in [6, 6.07) is 7.09. The van der Waals surface area contributed by atoms with E-state index in [9.17, 15) is 9.59 Å². The van der Waals surface area contributed by atoms with Gasteiger partial charge in [-0.25, -0.2) is 9.67 Å². The molecule has 1 aromatic heterocycles. The molecule has 0 atom stereocenters. The smallest absolute Gasteiger partial charge is 0.269 e. The summed E-state index contributed by atoms with van der Waals surface area (Å²) in [6.45, 7) is 4.47. The molecule has 1 heterocycles. The van der Waals surface area contributed by atoms with Crippen LogP contribution < -0.4 is 10.9 Å². The molecule has 0 radical (unpaired) electrons. The van der Waals surface area contributed by atoms with Crippen LogP contribution in [0.2, 0.25) is 0 Å². The Bertz CT molecular complexity index is 620. The summed E-state index contributed by atoms with van der Waals surface area (Å²) in [5.74, 6) is -0.302. The van der Waals surface area contributed by atoms with Crippen LogP contribution in [0.5, 0.6) is 0 Å². The lowest BCUT2D eigenvalue weighted by Gasteiger charge is -2.09. The van der Waals surface area contributed by atoms with Crippen molar-refractivity contribution in [1.29, 1.82) is 0 Å². The van der Waals surface area contributed by atoms with Crippen molar-refractivity contribution < 1.29 is 9.59 Å². The molecule has 0 bridgehead atoms. The number of nitrogens with one attached hydrogen (secondary N) is 2. The second-order valence-corrected chi connectivity index (χ2v) is 5.39. The van der Waals surface area contributed by atoms with E-state index in [4.69, 9.17) is 0 Å². The Morgan fingerprint density at radius 1 is 1.18 bits per heavy atom. The number of rotatable bonds is 5. The third-order valence-corrected chi connectivity index (χ3v) is 2.94. The lowest BCUT2D eigenvalue weighted by molar-refractivity contribution is -0.122. The first-order chi connectivity index (χ1) is 10.5. The van der Waals surface area contributed by atoms with Gasteiger partial charge in [-0.2, -0.15) is 5.10 Å². The molecule has 7 heteroatoms. The molecule has 0 spiro atoms. The molecule has 2 rings (SSSR count). The fourth-order valence-corrected chi connectivity index (χ4v) is 1.88. The zero-order chi connectivity index (χ0) is 15.9. The van der Waals surface area contributed by atoms with E-state index in [0.717, 1.165) is 5.56 Å². The van der Waals surface area contributed by atoms with Gasteiger partial charge < -0.3 is 0 Å². The van der Waals surface area contributed by atoms with Gasteiger partial charge in [0, 0.05) is 12.0 Å². The monoisotopic (exact) mass is 301 g/mol. The highest BCUT2D eigenvalue weighted by atomic mass is 16.2. The molecule has 0 aliphatic carbocycles. The van der Waals surface area contributed by atoms with Gasteiger partial charge in [-0.1, -0.05) is 26.0 Å². The highest BCUT2D eigenvalue weighted by Gasteiger charge is 2.08. The van der Waals surface area contributed by atoms with Gasteiger partial charge in [0.25, 0.3) is 5.91 Å². The maximum atomic E-state index is 11.9. The fraction of sp³-hybridized carbons (Fsp3) is 0.333. The van der Waals surface area contributed by atoms with Crippen LogP contribution >= 0.6 is 0 Å². The highest BCUT2D eigenvalue weighted by molar-refractivity contribution is 5.95. The van der Waals surface area contributed by atoms with Gasteiger partial charge in [-0.15, -0.1) is 0 Å². The van der Waals surface area contributed by atoms with Gasteiger partial charge in [0.1, 0.15) is 12.7 Å². The lowest BCUT2D eigenvalue weighted by Crippen LogP contribution is -2.42. The molecule has 116 valence electrons. The molecule has 0 unspecified atom stereocenters. The number of carbonyl (C=O) groups excluding carboxylic acids is 2. The van der Waals surface area contributed by atoms with Crippen molar-refractivity contribution in [2.75, 3.05) is 0 Å². The Kier molecular flexibility index (Phi) is 5.24. The molecule has 7 nitrogen and oxygen atoms in total. The number of hydrazine groups is 1. The molecule has 2 amide bonds. The van der Waals surface area contributed by atoms with Crippen LogP contribution in [0.3, 0.4) is 0 Å². The van der Waals surface area contributed by atoms with Crippen LogP contribution in [0.15, 0.2) is 36.9 Å². The summed E-state index contributed by atoms with van der Waals surface area (Å²) >= 11 is 0. The molecule has 22 heavy (non-hydrogen) atoms. The SMILES string of the molecule is CC(C)CC(=O)NNC(=O)c1ccc(Cn2cncn2)cc1. The van der Waals surface area contributed by atoms with Crippen LogP contribution in [0.4, 0.5) is 0 Å². The average Bonchev–Trinajstić information content (AvgIpc) is 2.98. The Balaban J connectivity index is 1.87. The lowest BCUT2D eigenvalue weighted by atomic mass is 10.1. The molecule has 0 saturated carbocycles. The summed E-state index contributed by atoms with van der Waals surface area (Å²) in [4.78, 5) is 27.3. The number of hydrogen-bond donors (Lipinski definition) is 2. The quantitative estimate of drug-likeness (QED) is 0.810. The van der Waals surface area contributed by atoms with Crippen LogP contribution in [0.25, 0.3) is 0 Å². The van der Waals surface area contributed by atoms with Crippen molar-refractivity contribution in [2.24, 2.45) is 5.92 Å². The van der Waals surface area contributed by atoms with Crippen LogP contribution in [-0.4, -0.2) is 26.6 Å². The third-order valence-electron chi connectivity index (χ3n) is 2.94. The molecular formula is C15H19N5O2. The standard InChI is InChI=1S/C15H19N5O2/c1-11(2)7-14(21)18-19-15(22)13-5-3-12(4-6-13)8-20-10-16-9-17-20/h3-6,9-11H,7-8H2,1-2H3,(H,18,21)(H,19,22). The summed E-state index contributed by atoms with van der Waals surface area (Å²) in [5.41, 5.74) is 6.29. The van der Waals surface area contributed by atoms with Crippen LogP contribution in [-0.2, 0) is 11.3 Å². The first kappa shape index (κ1) is 15.7. The number of aromatic nitrogens is 3. The van der Waals surface area contributed by atoms with E-state index in [1.807, 2.05) is 26.0 Å². The zero-order valence-electron chi connectivity index (χ0n) is 12.6. The maximum absolute atomic E-state index is 11.9. The third kappa shape index (κ3) is 4.69. The van der Waals surface area contributed by atoms with E-state index >= 15 is 0 Å². The zero-order valence-corrected chi connectivity index (χ0v) is 12.6. The number of nitrogens with zero attached hydrogens (tertiary/aromatic N) is 3. The Morgan fingerprint density at radius 3 is 2.50 bits per heavy atom. The summed E-state index contributed by atoms with van der Waals surface area (Å²) in [6.07, 6.45) is 3.48. The Morgan fingerprint density at radius 2 is 1.91 bits per heavy atom. The normalized spacial score (nSPS) is 10.5. The molecule has 1 aromatic carbocycles. The van der Waals surface area contributed by atoms with E-state index in [1.54, 1.807) is 23.1 Å². The Hall–Kier alpha value is -2.70. The summed E-state index contributed by atoms with van der Waals surface area (Å²) < 4.78 is 1.70. The largest absolute Gasteiger partial charge is 0.273 e. The number of benzene rings is 1. The second-order valence-electron chi connectivity index (χ2n) is 5.39. The summed E-state index contributed by atoms with van der Waals surface area (Å²) in [7, 11) is 0. The van der Waals surface area contributed by atoms with Crippen molar-refractivity contribution in [3.05, 3.63) is 48.0 Å². The Labute approximate surface area is 128 Å². The van der Waals surface area contributed by atoms with E-state index in [0.29, 0.717) is 18.5 Å². The number of hydrogen-bond acceptors (Lipinski definition) is 4. The van der Waals surface area contributed by atoms with E-state index in [-0.39, 0.29) is 17.7 Å². The number of amides is 2. The maximum Gasteiger partial charge on any atom is 0.269 e. The topological polar surface area (TPSA) is 88.9 Å². The minimum absolute atomic E-state index is 0.203. The molecule has 2 N–H and O–H groups in total. The van der Waals surface area contributed by atoms with E-state index in [1.165, 1.54) is 6.33 Å². The van der Waals surface area contributed by atoms with Gasteiger partial charge in [0.15, 0.2) is 0 Å². The van der Waals surface area contributed by atoms with Crippen molar-refractivity contribution in [1.82, 2.24) is 25.6 Å². The summed E-state index contributed by atoms with van der Waals surface area (Å²) in [5, 5.41) is 4.02. The van der Waals surface area contributed by atoms with Crippen molar-refractivity contribution in [3.8, 4) is 0 Å². The average molecular weight is 301 g/mol. The van der Waals surface area contributed by atoms with Gasteiger partial charge >= 0.3 is 0 Å². The molecule has 0 saturated heterocycles.